The molecule has 4 aliphatic rings. The van der Waals surface area contributed by atoms with E-state index in [1.54, 1.807) is 0 Å². The Morgan fingerprint density at radius 2 is 1.42 bits per heavy atom. The summed E-state index contributed by atoms with van der Waals surface area (Å²) in [5.41, 5.74) is 1.07. The molecule has 0 aromatic rings. The van der Waals surface area contributed by atoms with Crippen LogP contribution in [0.1, 0.15) is 221 Å². The van der Waals surface area contributed by atoms with Crippen LogP contribution in [0, 0.1) is 52.3 Å². The summed E-state index contributed by atoms with van der Waals surface area (Å²) in [6.07, 6.45) is 19.2. The van der Waals surface area contributed by atoms with Gasteiger partial charge in [-0.3, -0.25) is 9.59 Å². The van der Waals surface area contributed by atoms with Gasteiger partial charge in [0.1, 0.15) is 17.3 Å². The molecule has 0 aliphatic heterocycles. The van der Waals surface area contributed by atoms with Crippen LogP contribution in [0.2, 0.25) is 0 Å². The molecule has 3 fully saturated rings. The van der Waals surface area contributed by atoms with Crippen molar-refractivity contribution in [3.8, 4) is 0 Å². The van der Waals surface area contributed by atoms with Gasteiger partial charge in [-0.1, -0.05) is 66.0 Å². The number of nitrogens with one attached hydrogen (secondary N) is 3. The molecule has 0 bridgehead atoms. The highest BCUT2D eigenvalue weighted by Crippen LogP contribution is 2.67. The summed E-state index contributed by atoms with van der Waals surface area (Å²) in [4.78, 5) is 53.4. The molecule has 11 heteroatoms. The van der Waals surface area contributed by atoms with Gasteiger partial charge in [0.15, 0.2) is 0 Å². The molecule has 398 valence electrons. The topological polar surface area (TPSA) is 135 Å². The Kier molecular flexibility index (Phi) is 21.5. The molecule has 0 aromatic heterocycles. The number of carbonyl (C=O) groups excluding carboxylic acids is 4. The highest BCUT2D eigenvalue weighted by molar-refractivity contribution is 5.77. The smallest absolute Gasteiger partial charge is 0.407 e. The fraction of sp³-hybridized carbons (Fsp3) is 0.893. The minimum Gasteiger partial charge on any atom is -0.462 e. The molecule has 0 heterocycles. The quantitative estimate of drug-likeness (QED) is 0.0377. The molecular formula is C56H112N4O7. The van der Waals surface area contributed by atoms with Crippen molar-refractivity contribution in [3.63, 3.8) is 0 Å². The Hall–Kier alpha value is -2.82. The van der Waals surface area contributed by atoms with E-state index in [0.717, 1.165) is 93.0 Å². The number of esters is 1. The number of amides is 3. The van der Waals surface area contributed by atoms with Gasteiger partial charge in [0, 0.05) is 53.0 Å². The minimum atomic E-state index is -0.593. The van der Waals surface area contributed by atoms with E-state index in [0.29, 0.717) is 31.3 Å². The van der Waals surface area contributed by atoms with E-state index in [1.807, 2.05) is 60.3 Å². The van der Waals surface area contributed by atoms with Gasteiger partial charge in [-0.15, -0.1) is 0 Å². The molecule has 4 aliphatic carbocycles. The van der Waals surface area contributed by atoms with E-state index in [-0.39, 0.29) is 56.9 Å². The van der Waals surface area contributed by atoms with Crippen LogP contribution in [0.3, 0.4) is 0 Å². The molecule has 0 aromatic carbocycles. The lowest BCUT2D eigenvalue weighted by Gasteiger charge is -2.58. The van der Waals surface area contributed by atoms with Gasteiger partial charge in [-0.2, -0.15) is 0 Å². The number of hydrogen-bond acceptors (Lipinski definition) is 8. The van der Waals surface area contributed by atoms with Crippen LogP contribution in [0.25, 0.3) is 0 Å². The van der Waals surface area contributed by atoms with E-state index in [9.17, 15) is 19.2 Å². The minimum absolute atomic E-state index is 0. The van der Waals surface area contributed by atoms with E-state index in [4.69, 9.17) is 14.2 Å². The van der Waals surface area contributed by atoms with E-state index in [1.165, 1.54) is 56.9 Å². The zero-order valence-corrected chi connectivity index (χ0v) is 45.2. The zero-order valence-electron chi connectivity index (χ0n) is 45.2. The average Bonchev–Trinajstić information content (AvgIpc) is 3.57. The van der Waals surface area contributed by atoms with Gasteiger partial charge in [0.05, 0.1) is 0 Å². The average molecular weight is 954 g/mol. The normalized spacial score (nSPS) is 27.9. The largest absolute Gasteiger partial charge is 0.462 e. The molecule has 4 rings (SSSR count). The van der Waals surface area contributed by atoms with Gasteiger partial charge < -0.3 is 35.1 Å². The standard InChI is InChI=1S/C56H100N4O7.6H2/c1-15-42(38(2)3)22-21-39(4)46-25-26-47-45-24-23-43-37-44(27-31-55(43,13)48(45)28-32-56(46,47)14)65-50(62)20-18-19-49(61)60(36-30-41(6)59-52(64)67-54(10,11)12)35-17-16-33-57-34-29-40(5)58-51(63)66-53(7,8)9;;;;;;/h23,38-42,44-48,57H,15-22,24-37H2,1-14H3,(H,58,63)(H,59,64);6*1H/t39-,40?,41?,42-,44+,45+,46?,47?,48?,55+,56-;;;;;;/m1....../s1. The third-order valence-electron chi connectivity index (χ3n) is 16.8. The van der Waals surface area contributed by atoms with Crippen molar-refractivity contribution in [1.82, 2.24) is 20.9 Å². The number of ether oxygens (including phenoxy) is 3. The van der Waals surface area contributed by atoms with Crippen molar-refractivity contribution in [3.05, 3.63) is 11.6 Å². The number of allylic oxidation sites excluding steroid dienone is 1. The summed E-state index contributed by atoms with van der Waals surface area (Å²) >= 11 is 0. The van der Waals surface area contributed by atoms with Gasteiger partial charge in [-0.25, -0.2) is 9.59 Å². The molecule has 3 N–H and O–H groups in total. The van der Waals surface area contributed by atoms with Crippen molar-refractivity contribution in [1.29, 1.82) is 0 Å². The Morgan fingerprint density at radius 1 is 0.761 bits per heavy atom. The summed E-state index contributed by atoms with van der Waals surface area (Å²) in [7, 11) is 0. The zero-order chi connectivity index (χ0) is 49.7. The molecule has 11 atom stereocenters. The van der Waals surface area contributed by atoms with E-state index < -0.39 is 23.4 Å². The summed E-state index contributed by atoms with van der Waals surface area (Å²) in [5, 5.41) is 9.24. The number of fused-ring (bicyclic) bond motifs is 5. The highest BCUT2D eigenvalue weighted by Gasteiger charge is 2.59. The third kappa shape index (κ3) is 17.2. The molecule has 11 nitrogen and oxygen atoms in total. The summed E-state index contributed by atoms with van der Waals surface area (Å²) in [5.74, 6) is 5.43. The highest BCUT2D eigenvalue weighted by atomic mass is 16.6. The van der Waals surface area contributed by atoms with Crippen LogP contribution >= 0.6 is 0 Å². The fourth-order valence-corrected chi connectivity index (χ4v) is 13.0. The molecular weight excluding hydrogens is 841 g/mol. The number of unbranched alkanes of at least 4 members (excludes halogenated alkanes) is 1. The first kappa shape index (κ1) is 56.8. The van der Waals surface area contributed by atoms with Gasteiger partial charge in [0.25, 0.3) is 0 Å². The van der Waals surface area contributed by atoms with Crippen LogP contribution in [0.5, 0.6) is 0 Å². The van der Waals surface area contributed by atoms with E-state index >= 15 is 0 Å². The maximum Gasteiger partial charge on any atom is 0.407 e. The van der Waals surface area contributed by atoms with Gasteiger partial charge in [0.2, 0.25) is 5.91 Å². The van der Waals surface area contributed by atoms with E-state index in [2.05, 4.69) is 63.6 Å². The van der Waals surface area contributed by atoms with Crippen LogP contribution in [-0.2, 0) is 23.8 Å². The number of alkyl carbamates (subject to hydrolysis) is 2. The Morgan fingerprint density at radius 3 is 2.04 bits per heavy atom. The first-order valence-corrected chi connectivity index (χ1v) is 27.2. The number of nitrogens with zero attached hydrogens (tertiary/aromatic N) is 1. The predicted octanol–water partition coefficient (Wildman–Crippen LogP) is 14.0. The molecule has 3 amide bonds. The van der Waals surface area contributed by atoms with Crippen molar-refractivity contribution < 1.29 is 41.9 Å². The Balaban J connectivity index is -0.00000817. The molecule has 67 heavy (non-hydrogen) atoms. The van der Waals surface area contributed by atoms with Crippen molar-refractivity contribution >= 4 is 24.1 Å². The monoisotopic (exact) mass is 953 g/mol. The number of hydrogen-bond donors (Lipinski definition) is 3. The predicted molar refractivity (Wildman–Crippen MR) is 284 cm³/mol. The molecule has 0 radical (unpaired) electrons. The molecule has 0 spiro atoms. The van der Waals surface area contributed by atoms with Crippen LogP contribution < -0.4 is 16.0 Å². The number of rotatable bonds is 24. The molecule has 5 unspecified atom stereocenters. The third-order valence-corrected chi connectivity index (χ3v) is 16.8. The van der Waals surface area contributed by atoms with Crippen LogP contribution in [0.15, 0.2) is 11.6 Å². The number of carbonyl (C=O) groups is 4. The van der Waals surface area contributed by atoms with Crippen LogP contribution in [-0.4, -0.2) is 84.5 Å². The van der Waals surface area contributed by atoms with Gasteiger partial charge >= 0.3 is 18.2 Å². The maximum atomic E-state index is 13.7. The maximum absolute atomic E-state index is 13.7. The molecule has 3 saturated carbocycles. The Bertz CT molecular complexity index is 1650. The second-order valence-corrected chi connectivity index (χ2v) is 24.7. The Labute approximate surface area is 417 Å². The lowest BCUT2D eigenvalue weighted by atomic mass is 9.47. The van der Waals surface area contributed by atoms with Gasteiger partial charge in [-0.05, 0) is 204 Å². The first-order chi connectivity index (χ1) is 31.3. The van der Waals surface area contributed by atoms with Crippen molar-refractivity contribution in [2.45, 2.75) is 242 Å². The summed E-state index contributed by atoms with van der Waals surface area (Å²) in [6.45, 7) is 32.6. The summed E-state index contributed by atoms with van der Waals surface area (Å²) in [6, 6.07) is -0.202. The lowest BCUT2D eigenvalue weighted by molar-refractivity contribution is -0.151. The van der Waals surface area contributed by atoms with Crippen LogP contribution in [0.4, 0.5) is 9.59 Å². The summed E-state index contributed by atoms with van der Waals surface area (Å²) < 4.78 is 17.0. The molecule has 0 saturated heterocycles. The van der Waals surface area contributed by atoms with Crippen molar-refractivity contribution in [2.75, 3.05) is 26.2 Å². The second-order valence-electron chi connectivity index (χ2n) is 24.7. The first-order valence-electron chi connectivity index (χ1n) is 27.2. The fourth-order valence-electron chi connectivity index (χ4n) is 13.0. The van der Waals surface area contributed by atoms with Crippen molar-refractivity contribution in [2.24, 2.45) is 52.3 Å². The second kappa shape index (κ2) is 25.3. The lowest BCUT2D eigenvalue weighted by Crippen LogP contribution is -2.51. The SMILES string of the molecule is CC[C@H](CC[C@@H](C)C1CCC2[C@@H]3CC=C4C[C@@H](OC(=O)CCCC(=O)N(CCCCNCCC(C)NC(=O)OC(C)(C)C)CCC(C)NC(=O)OC(C)(C)C)CC[C@]4(C)C3CC[C@@]21C)C(C)C.[HH].[HH].[HH].[HH].[HH].[HH].